The van der Waals surface area contributed by atoms with E-state index in [2.05, 4.69) is 0 Å². The number of ether oxygens (including phenoxy) is 2. The Kier molecular flexibility index (Phi) is 5.35. The number of benzene rings is 2. The van der Waals surface area contributed by atoms with Gasteiger partial charge in [0.05, 0.1) is 17.6 Å². The fourth-order valence-electron chi connectivity index (χ4n) is 2.97. The van der Waals surface area contributed by atoms with Gasteiger partial charge in [-0.05, 0) is 29.7 Å². The van der Waals surface area contributed by atoms with Crippen LogP contribution in [0.25, 0.3) is 0 Å². The number of fused-ring (bicyclic) bond motifs is 1. The van der Waals surface area contributed by atoms with Crippen LogP contribution in [-0.4, -0.2) is 42.0 Å². The van der Waals surface area contributed by atoms with Crippen LogP contribution in [0.4, 0.5) is 5.69 Å². The monoisotopic (exact) mass is 370 g/mol. The maximum atomic E-state index is 12.3. The van der Waals surface area contributed by atoms with Gasteiger partial charge in [0.25, 0.3) is 5.91 Å². The van der Waals surface area contributed by atoms with Crippen molar-refractivity contribution in [3.63, 3.8) is 0 Å². The number of hydrogen-bond donors (Lipinski definition) is 0. The summed E-state index contributed by atoms with van der Waals surface area (Å²) in [5.41, 5.74) is 1.93. The molecule has 0 spiro atoms. The predicted molar refractivity (Wildman–Crippen MR) is 95.5 cm³/mol. The molecule has 2 aromatic carbocycles. The Morgan fingerprint density at radius 1 is 1.19 bits per heavy atom. The molecule has 0 fully saturated rings. The molecule has 0 atom stereocenters. The van der Waals surface area contributed by atoms with Crippen molar-refractivity contribution in [2.45, 2.75) is 13.0 Å². The molecular weight excluding hydrogens is 352 g/mol. The van der Waals surface area contributed by atoms with E-state index in [9.17, 15) is 19.7 Å². The van der Waals surface area contributed by atoms with E-state index < -0.39 is 17.5 Å². The molecule has 0 N–H and O–H groups in total. The molecule has 0 saturated carbocycles. The average molecular weight is 370 g/mol. The van der Waals surface area contributed by atoms with E-state index in [4.69, 9.17) is 9.47 Å². The summed E-state index contributed by atoms with van der Waals surface area (Å²) in [5.74, 6) is -1.06. The summed E-state index contributed by atoms with van der Waals surface area (Å²) in [5, 5.41) is 11.0. The number of hydrogen-bond acceptors (Lipinski definition) is 6. The van der Waals surface area contributed by atoms with Crippen molar-refractivity contribution in [2.24, 2.45) is 0 Å². The molecule has 0 unspecified atom stereocenters. The van der Waals surface area contributed by atoms with Crippen LogP contribution in [0.5, 0.6) is 5.75 Å². The molecule has 0 bridgehead atoms. The number of nitro benzene ring substituents is 1. The van der Waals surface area contributed by atoms with Crippen LogP contribution < -0.4 is 4.74 Å². The second kappa shape index (κ2) is 7.86. The van der Waals surface area contributed by atoms with Crippen LogP contribution in [-0.2, 0) is 22.5 Å². The molecule has 140 valence electrons. The minimum atomic E-state index is -0.800. The Morgan fingerprint density at radius 3 is 2.63 bits per heavy atom. The summed E-state index contributed by atoms with van der Waals surface area (Å²) in [6, 6.07) is 11.6. The van der Waals surface area contributed by atoms with E-state index in [-0.39, 0.29) is 22.9 Å². The average Bonchev–Trinajstić information content (AvgIpc) is 2.70. The van der Waals surface area contributed by atoms with Gasteiger partial charge in [-0.15, -0.1) is 0 Å². The Morgan fingerprint density at radius 2 is 1.93 bits per heavy atom. The van der Waals surface area contributed by atoms with Gasteiger partial charge in [-0.1, -0.05) is 24.3 Å². The highest BCUT2D eigenvalue weighted by Crippen LogP contribution is 2.27. The number of nitrogens with zero attached hydrogens (tertiary/aromatic N) is 2. The molecule has 1 aliphatic heterocycles. The Labute approximate surface area is 155 Å². The van der Waals surface area contributed by atoms with Crippen molar-refractivity contribution in [1.29, 1.82) is 0 Å². The molecule has 0 radical (unpaired) electrons. The third-order valence-electron chi connectivity index (χ3n) is 4.42. The lowest BCUT2D eigenvalue weighted by Crippen LogP contribution is -2.38. The Bertz CT molecular complexity index is 896. The van der Waals surface area contributed by atoms with Crippen molar-refractivity contribution in [3.05, 3.63) is 69.3 Å². The van der Waals surface area contributed by atoms with E-state index >= 15 is 0 Å². The van der Waals surface area contributed by atoms with Crippen LogP contribution in [0.2, 0.25) is 0 Å². The molecular formula is C19H18N2O6. The standard InChI is InChI=1S/C19H18N2O6/c1-26-17-7-6-14(10-16(17)21(24)25)19(23)27-12-18(22)20-9-8-13-4-2-3-5-15(13)11-20/h2-7,10H,8-9,11-12H2,1H3. The highest BCUT2D eigenvalue weighted by molar-refractivity contribution is 5.92. The number of rotatable bonds is 5. The largest absolute Gasteiger partial charge is 0.490 e. The molecule has 0 saturated heterocycles. The van der Waals surface area contributed by atoms with Crippen LogP contribution in [0.3, 0.4) is 0 Å². The molecule has 0 aliphatic carbocycles. The number of carbonyl (C=O) groups excluding carboxylic acids is 2. The van der Waals surface area contributed by atoms with Crippen molar-refractivity contribution in [1.82, 2.24) is 4.90 Å². The summed E-state index contributed by atoms with van der Waals surface area (Å²) < 4.78 is 9.94. The van der Waals surface area contributed by atoms with Crippen LogP contribution in [0, 0.1) is 10.1 Å². The smallest absolute Gasteiger partial charge is 0.338 e. The summed E-state index contributed by atoms with van der Waals surface area (Å²) in [6.45, 7) is 0.614. The van der Waals surface area contributed by atoms with Gasteiger partial charge < -0.3 is 14.4 Å². The minimum Gasteiger partial charge on any atom is -0.490 e. The maximum absolute atomic E-state index is 12.3. The summed E-state index contributed by atoms with van der Waals surface area (Å²) in [7, 11) is 1.30. The van der Waals surface area contributed by atoms with Crippen molar-refractivity contribution in [2.75, 3.05) is 20.3 Å². The fourth-order valence-corrected chi connectivity index (χ4v) is 2.97. The first kappa shape index (κ1) is 18.4. The lowest BCUT2D eigenvalue weighted by atomic mass is 10.00. The lowest BCUT2D eigenvalue weighted by Gasteiger charge is -2.28. The van der Waals surface area contributed by atoms with Gasteiger partial charge in [0.1, 0.15) is 0 Å². The maximum Gasteiger partial charge on any atom is 0.338 e. The normalized spacial score (nSPS) is 12.9. The SMILES string of the molecule is COc1ccc(C(=O)OCC(=O)N2CCc3ccccc3C2)cc1[N+](=O)[O-]. The number of nitro groups is 1. The molecule has 0 aromatic heterocycles. The lowest BCUT2D eigenvalue weighted by molar-refractivity contribution is -0.385. The van der Waals surface area contributed by atoms with E-state index in [0.717, 1.165) is 18.1 Å². The summed E-state index contributed by atoms with van der Waals surface area (Å²) >= 11 is 0. The van der Waals surface area contributed by atoms with Crippen molar-refractivity contribution < 1.29 is 24.0 Å². The summed E-state index contributed by atoms with van der Waals surface area (Å²) in [6.07, 6.45) is 0.751. The zero-order chi connectivity index (χ0) is 19.4. The third-order valence-corrected chi connectivity index (χ3v) is 4.42. The quantitative estimate of drug-likeness (QED) is 0.455. The minimum absolute atomic E-state index is 0.0145. The number of esters is 1. The Balaban J connectivity index is 1.62. The van der Waals surface area contributed by atoms with Gasteiger partial charge in [0.15, 0.2) is 12.4 Å². The first-order valence-electron chi connectivity index (χ1n) is 8.33. The molecule has 1 aliphatic rings. The molecule has 8 heteroatoms. The molecule has 27 heavy (non-hydrogen) atoms. The van der Waals surface area contributed by atoms with E-state index in [1.54, 1.807) is 4.90 Å². The van der Waals surface area contributed by atoms with Gasteiger partial charge in [-0.2, -0.15) is 0 Å². The van der Waals surface area contributed by atoms with Gasteiger partial charge in [-0.3, -0.25) is 14.9 Å². The van der Waals surface area contributed by atoms with Crippen LogP contribution in [0.1, 0.15) is 21.5 Å². The number of amides is 1. The highest BCUT2D eigenvalue weighted by atomic mass is 16.6. The highest BCUT2D eigenvalue weighted by Gasteiger charge is 2.23. The van der Waals surface area contributed by atoms with Gasteiger partial charge in [0.2, 0.25) is 0 Å². The van der Waals surface area contributed by atoms with Crippen LogP contribution >= 0.6 is 0 Å². The van der Waals surface area contributed by atoms with Gasteiger partial charge in [-0.25, -0.2) is 4.79 Å². The Hall–Kier alpha value is -3.42. The second-order valence-electron chi connectivity index (χ2n) is 6.05. The topological polar surface area (TPSA) is 99.0 Å². The van der Waals surface area contributed by atoms with Crippen molar-refractivity contribution >= 4 is 17.6 Å². The molecule has 1 amide bonds. The summed E-state index contributed by atoms with van der Waals surface area (Å²) in [4.78, 5) is 36.5. The second-order valence-corrected chi connectivity index (χ2v) is 6.05. The third kappa shape index (κ3) is 4.05. The predicted octanol–water partition coefficient (Wildman–Crippen LogP) is 2.35. The first-order valence-corrected chi connectivity index (χ1v) is 8.33. The zero-order valence-electron chi connectivity index (χ0n) is 14.7. The van der Waals surface area contributed by atoms with Crippen molar-refractivity contribution in [3.8, 4) is 5.75 Å². The molecule has 1 heterocycles. The van der Waals surface area contributed by atoms with Gasteiger partial charge >= 0.3 is 11.7 Å². The molecule has 2 aromatic rings. The molecule has 8 nitrogen and oxygen atoms in total. The fraction of sp³-hybridized carbons (Fsp3) is 0.263. The number of methoxy groups -OCH3 is 1. The van der Waals surface area contributed by atoms with E-state index in [0.29, 0.717) is 13.1 Å². The van der Waals surface area contributed by atoms with Gasteiger partial charge in [0, 0.05) is 19.2 Å². The van der Waals surface area contributed by atoms with Crippen LogP contribution in [0.15, 0.2) is 42.5 Å². The van der Waals surface area contributed by atoms with E-state index in [1.807, 2.05) is 24.3 Å². The van der Waals surface area contributed by atoms with E-state index in [1.165, 1.54) is 24.8 Å². The zero-order valence-corrected chi connectivity index (χ0v) is 14.7. The number of carbonyl (C=O) groups is 2. The molecule has 3 rings (SSSR count). The first-order chi connectivity index (χ1) is 13.0.